The van der Waals surface area contributed by atoms with Crippen LogP contribution in [0.15, 0.2) is 24.3 Å². The van der Waals surface area contributed by atoms with Crippen molar-refractivity contribution in [3.63, 3.8) is 0 Å². The largest absolute Gasteiger partial charge is 0.327 e. The smallest absolute Gasteiger partial charge is 0.279 e. The summed E-state index contributed by atoms with van der Waals surface area (Å²) in [5.41, 5.74) is 0.899. The Morgan fingerprint density at radius 1 is 1.56 bits per heavy atom. The van der Waals surface area contributed by atoms with Gasteiger partial charge in [0.05, 0.1) is 13.1 Å². The van der Waals surface area contributed by atoms with E-state index in [1.54, 1.807) is 0 Å². The second-order valence-corrected chi connectivity index (χ2v) is 6.43. The quantitative estimate of drug-likeness (QED) is 0.789. The second-order valence-electron chi connectivity index (χ2n) is 5.19. The summed E-state index contributed by atoms with van der Waals surface area (Å²) in [5, 5.41) is 2.98. The van der Waals surface area contributed by atoms with E-state index in [9.17, 15) is 4.79 Å². The lowest BCUT2D eigenvalue weighted by Gasteiger charge is -2.27. The molecular weight excluding hydrogens is 339 g/mol. The minimum atomic E-state index is 0.126. The van der Waals surface area contributed by atoms with Crippen molar-refractivity contribution in [1.29, 1.82) is 0 Å². The number of hydrogen-bond acceptors (Lipinski definition) is 1. The maximum absolute atomic E-state index is 12.0. The number of rotatable bonds is 3. The highest BCUT2D eigenvalue weighted by molar-refractivity contribution is 14.1. The highest BCUT2D eigenvalue weighted by atomic mass is 127. The topological polar surface area (TPSA) is 33.5 Å². The number of piperidine rings is 1. The van der Waals surface area contributed by atoms with Crippen molar-refractivity contribution >= 4 is 34.2 Å². The first-order chi connectivity index (χ1) is 8.63. The maximum Gasteiger partial charge on any atom is 0.279 e. The van der Waals surface area contributed by atoms with Crippen LogP contribution in [-0.4, -0.2) is 25.5 Å². The average Bonchev–Trinajstić information content (AvgIpc) is 2.28. The molecule has 0 aliphatic carbocycles. The Bertz CT molecular complexity index is 422. The van der Waals surface area contributed by atoms with Gasteiger partial charge in [-0.3, -0.25) is 4.79 Å². The number of nitrogens with one attached hydrogen (secondary N) is 2. The monoisotopic (exact) mass is 359 g/mol. The number of hydrogen-bond donors (Lipinski definition) is 2. The number of amides is 1. The Kier molecular flexibility index (Phi) is 5.00. The number of benzene rings is 1. The number of halogens is 1. The SMILES string of the molecule is C[C@@H]1CCC[NH+](CC(=O)Nc2cccc(I)c2)C1. The molecule has 1 heterocycles. The fourth-order valence-corrected chi connectivity index (χ4v) is 3.10. The van der Waals surface area contributed by atoms with Crippen molar-refractivity contribution in [2.45, 2.75) is 19.8 Å². The molecule has 1 aromatic carbocycles. The lowest BCUT2D eigenvalue weighted by Crippen LogP contribution is -3.14. The third-order valence-corrected chi connectivity index (χ3v) is 4.05. The fourth-order valence-electron chi connectivity index (χ4n) is 2.56. The van der Waals surface area contributed by atoms with Crippen molar-refractivity contribution in [2.75, 3.05) is 25.0 Å². The molecular formula is C14H20IN2O+. The van der Waals surface area contributed by atoms with Crippen LogP contribution in [0.25, 0.3) is 0 Å². The van der Waals surface area contributed by atoms with Crippen LogP contribution in [0.5, 0.6) is 0 Å². The molecule has 4 heteroatoms. The number of likely N-dealkylation sites (tertiary alicyclic amines) is 1. The molecule has 1 unspecified atom stereocenters. The lowest BCUT2D eigenvalue weighted by atomic mass is 10.0. The first-order valence-electron chi connectivity index (χ1n) is 6.52. The molecule has 1 aromatic rings. The van der Waals surface area contributed by atoms with E-state index >= 15 is 0 Å². The van der Waals surface area contributed by atoms with Gasteiger partial charge in [-0.05, 0) is 53.6 Å². The molecule has 0 bridgehead atoms. The van der Waals surface area contributed by atoms with Crippen molar-refractivity contribution in [1.82, 2.24) is 0 Å². The fraction of sp³-hybridized carbons (Fsp3) is 0.500. The minimum absolute atomic E-state index is 0.126. The van der Waals surface area contributed by atoms with E-state index in [2.05, 4.69) is 34.8 Å². The number of carbonyl (C=O) groups excluding carboxylic acids is 1. The van der Waals surface area contributed by atoms with Gasteiger partial charge in [0.2, 0.25) is 0 Å². The van der Waals surface area contributed by atoms with Gasteiger partial charge in [-0.1, -0.05) is 13.0 Å². The Balaban J connectivity index is 1.85. The molecule has 0 saturated carbocycles. The van der Waals surface area contributed by atoms with Crippen molar-refractivity contribution in [3.05, 3.63) is 27.8 Å². The van der Waals surface area contributed by atoms with Gasteiger partial charge in [-0.25, -0.2) is 0 Å². The standard InChI is InChI=1S/C14H19IN2O/c1-11-4-3-7-17(9-11)10-14(18)16-13-6-2-5-12(15)8-13/h2,5-6,8,11H,3-4,7,9-10H2,1H3,(H,16,18)/p+1/t11-/m1/s1. The van der Waals surface area contributed by atoms with E-state index in [-0.39, 0.29) is 5.91 Å². The van der Waals surface area contributed by atoms with Crippen LogP contribution in [-0.2, 0) is 4.79 Å². The molecule has 1 saturated heterocycles. The van der Waals surface area contributed by atoms with E-state index in [0.717, 1.165) is 28.3 Å². The predicted octanol–water partition coefficient (Wildman–Crippen LogP) is 1.54. The molecule has 18 heavy (non-hydrogen) atoms. The third kappa shape index (κ3) is 4.24. The van der Waals surface area contributed by atoms with Crippen molar-refractivity contribution in [2.24, 2.45) is 5.92 Å². The summed E-state index contributed by atoms with van der Waals surface area (Å²) in [6.45, 7) is 5.12. The Morgan fingerprint density at radius 2 is 2.39 bits per heavy atom. The summed E-state index contributed by atoms with van der Waals surface area (Å²) in [7, 11) is 0. The second kappa shape index (κ2) is 6.52. The van der Waals surface area contributed by atoms with Gasteiger partial charge in [0.1, 0.15) is 0 Å². The summed E-state index contributed by atoms with van der Waals surface area (Å²) in [6.07, 6.45) is 2.55. The van der Waals surface area contributed by atoms with Gasteiger partial charge >= 0.3 is 0 Å². The minimum Gasteiger partial charge on any atom is -0.327 e. The van der Waals surface area contributed by atoms with Crippen LogP contribution in [0, 0.1) is 9.49 Å². The summed E-state index contributed by atoms with van der Waals surface area (Å²) < 4.78 is 1.14. The molecule has 1 aliphatic rings. The Morgan fingerprint density at radius 3 is 3.11 bits per heavy atom. The molecule has 1 fully saturated rings. The van der Waals surface area contributed by atoms with Gasteiger partial charge in [0.15, 0.2) is 6.54 Å². The molecule has 2 atom stereocenters. The normalized spacial score (nSPS) is 23.7. The van der Waals surface area contributed by atoms with E-state index < -0.39 is 0 Å². The van der Waals surface area contributed by atoms with Crippen LogP contribution in [0.3, 0.4) is 0 Å². The number of anilines is 1. The Hall–Kier alpha value is -0.620. The molecule has 1 amide bonds. The highest BCUT2D eigenvalue weighted by Crippen LogP contribution is 2.12. The van der Waals surface area contributed by atoms with Gasteiger partial charge < -0.3 is 10.2 Å². The zero-order valence-corrected chi connectivity index (χ0v) is 12.9. The summed E-state index contributed by atoms with van der Waals surface area (Å²) in [6, 6.07) is 7.92. The lowest BCUT2D eigenvalue weighted by molar-refractivity contribution is -0.900. The average molecular weight is 359 g/mol. The van der Waals surface area contributed by atoms with Gasteiger partial charge in [-0.15, -0.1) is 0 Å². The van der Waals surface area contributed by atoms with Crippen LogP contribution in [0.1, 0.15) is 19.8 Å². The zero-order chi connectivity index (χ0) is 13.0. The summed E-state index contributed by atoms with van der Waals surface area (Å²) >= 11 is 2.25. The van der Waals surface area contributed by atoms with Crippen LogP contribution in [0.4, 0.5) is 5.69 Å². The van der Waals surface area contributed by atoms with E-state index in [0.29, 0.717) is 6.54 Å². The third-order valence-electron chi connectivity index (χ3n) is 3.38. The first-order valence-corrected chi connectivity index (χ1v) is 7.60. The summed E-state index contributed by atoms with van der Waals surface area (Å²) in [5.74, 6) is 0.875. The van der Waals surface area contributed by atoms with Crippen molar-refractivity contribution in [3.8, 4) is 0 Å². The van der Waals surface area contributed by atoms with Crippen LogP contribution in [0.2, 0.25) is 0 Å². The molecule has 1 aliphatic heterocycles. The molecule has 0 aromatic heterocycles. The highest BCUT2D eigenvalue weighted by Gasteiger charge is 2.21. The van der Waals surface area contributed by atoms with Crippen LogP contribution >= 0.6 is 22.6 Å². The van der Waals surface area contributed by atoms with Crippen molar-refractivity contribution < 1.29 is 9.69 Å². The molecule has 0 spiro atoms. The number of carbonyl (C=O) groups is 1. The van der Waals surface area contributed by atoms with Gasteiger partial charge in [0.25, 0.3) is 5.91 Å². The first kappa shape index (κ1) is 13.8. The van der Waals surface area contributed by atoms with E-state index in [4.69, 9.17) is 0 Å². The molecule has 3 nitrogen and oxygen atoms in total. The van der Waals surface area contributed by atoms with Gasteiger partial charge in [-0.2, -0.15) is 0 Å². The van der Waals surface area contributed by atoms with Crippen LogP contribution < -0.4 is 10.2 Å². The predicted molar refractivity (Wildman–Crippen MR) is 81.8 cm³/mol. The Labute approximate surface area is 122 Å². The van der Waals surface area contributed by atoms with Gasteiger partial charge in [0, 0.05) is 15.2 Å². The molecule has 0 radical (unpaired) electrons. The maximum atomic E-state index is 12.0. The zero-order valence-electron chi connectivity index (χ0n) is 10.7. The molecule has 98 valence electrons. The number of quaternary nitrogens is 1. The van der Waals surface area contributed by atoms with E-state index in [1.165, 1.54) is 17.7 Å². The van der Waals surface area contributed by atoms with E-state index in [1.807, 2.05) is 24.3 Å². The summed E-state index contributed by atoms with van der Waals surface area (Å²) in [4.78, 5) is 13.4. The molecule has 2 N–H and O–H groups in total. The molecule has 2 rings (SSSR count).